The monoisotopic (exact) mass is 205 g/mol. The molecule has 1 N–H and O–H groups in total. The average molecular weight is 205 g/mol. The highest BCUT2D eigenvalue weighted by atomic mass is 15.3. The summed E-state index contributed by atoms with van der Waals surface area (Å²) in [5.41, 5.74) is 0.959. The lowest BCUT2D eigenvalue weighted by Gasteiger charge is -2.06. The van der Waals surface area contributed by atoms with Crippen molar-refractivity contribution in [2.75, 3.05) is 5.32 Å². The third-order valence-corrected chi connectivity index (χ3v) is 2.14. The minimum Gasteiger partial charge on any atom is -0.323 e. The van der Waals surface area contributed by atoms with Crippen LogP contribution in [-0.4, -0.2) is 19.3 Å². The maximum atomic E-state index is 4.25. The Balaban J connectivity index is 2.13. The normalized spacial score (nSPS) is 10.5. The standard InChI is InChI=1S/C10H15N5/c1-3-5-15-6-4-11-10(15)13-9-7-12-14(2)8-9/h4,6-8H,3,5H2,1-2H3,(H,11,13). The Labute approximate surface area is 88.7 Å². The largest absolute Gasteiger partial charge is 0.323 e. The number of aromatic nitrogens is 4. The summed E-state index contributed by atoms with van der Waals surface area (Å²) in [4.78, 5) is 4.25. The molecular weight excluding hydrogens is 190 g/mol. The molecule has 2 rings (SSSR count). The lowest BCUT2D eigenvalue weighted by molar-refractivity contribution is 0.686. The Bertz CT molecular complexity index is 428. The van der Waals surface area contributed by atoms with E-state index in [0.717, 1.165) is 24.6 Å². The Kier molecular flexibility index (Phi) is 2.71. The van der Waals surface area contributed by atoms with Gasteiger partial charge in [-0.15, -0.1) is 0 Å². The molecule has 0 aliphatic rings. The second kappa shape index (κ2) is 4.16. The van der Waals surface area contributed by atoms with Crippen LogP contribution >= 0.6 is 0 Å². The van der Waals surface area contributed by atoms with Gasteiger partial charge >= 0.3 is 0 Å². The van der Waals surface area contributed by atoms with Crippen LogP contribution < -0.4 is 5.32 Å². The lowest BCUT2D eigenvalue weighted by atomic mass is 10.5. The minimum atomic E-state index is 0.866. The predicted molar refractivity (Wildman–Crippen MR) is 59.0 cm³/mol. The van der Waals surface area contributed by atoms with Gasteiger partial charge in [-0.05, 0) is 6.42 Å². The van der Waals surface area contributed by atoms with Crippen LogP contribution in [0.2, 0.25) is 0 Å². The Morgan fingerprint density at radius 1 is 1.47 bits per heavy atom. The van der Waals surface area contributed by atoms with E-state index in [9.17, 15) is 0 Å². The highest BCUT2D eigenvalue weighted by molar-refractivity contribution is 5.50. The van der Waals surface area contributed by atoms with Gasteiger partial charge in [0.25, 0.3) is 0 Å². The zero-order valence-electron chi connectivity index (χ0n) is 9.01. The summed E-state index contributed by atoms with van der Waals surface area (Å²) in [6, 6.07) is 0. The van der Waals surface area contributed by atoms with Crippen LogP contribution in [0.5, 0.6) is 0 Å². The molecule has 0 fully saturated rings. The third-order valence-electron chi connectivity index (χ3n) is 2.14. The molecule has 0 saturated carbocycles. The number of aryl methyl sites for hydroxylation is 2. The molecule has 2 aromatic heterocycles. The first-order valence-electron chi connectivity index (χ1n) is 5.06. The van der Waals surface area contributed by atoms with Gasteiger partial charge in [0.15, 0.2) is 0 Å². The van der Waals surface area contributed by atoms with Gasteiger partial charge in [-0.3, -0.25) is 4.68 Å². The van der Waals surface area contributed by atoms with E-state index in [1.165, 1.54) is 0 Å². The van der Waals surface area contributed by atoms with E-state index < -0.39 is 0 Å². The quantitative estimate of drug-likeness (QED) is 0.827. The van der Waals surface area contributed by atoms with Gasteiger partial charge in [0.1, 0.15) is 0 Å². The summed E-state index contributed by atoms with van der Waals surface area (Å²) in [6.45, 7) is 3.12. The third kappa shape index (κ3) is 2.18. The van der Waals surface area contributed by atoms with E-state index in [1.54, 1.807) is 17.1 Å². The summed E-state index contributed by atoms with van der Waals surface area (Å²) < 4.78 is 3.85. The fraction of sp³-hybridized carbons (Fsp3) is 0.400. The lowest BCUT2D eigenvalue weighted by Crippen LogP contribution is -2.02. The zero-order chi connectivity index (χ0) is 10.7. The van der Waals surface area contributed by atoms with Crippen LogP contribution in [0.4, 0.5) is 11.6 Å². The van der Waals surface area contributed by atoms with Crippen molar-refractivity contribution in [3.8, 4) is 0 Å². The number of nitrogens with zero attached hydrogens (tertiary/aromatic N) is 4. The Hall–Kier alpha value is -1.78. The molecule has 0 aliphatic carbocycles. The van der Waals surface area contributed by atoms with Crippen LogP contribution in [0.3, 0.4) is 0 Å². The highest BCUT2D eigenvalue weighted by Crippen LogP contribution is 2.13. The molecule has 5 heteroatoms. The predicted octanol–water partition coefficient (Wildman–Crippen LogP) is 1.77. The molecule has 0 aromatic carbocycles. The minimum absolute atomic E-state index is 0.866. The van der Waals surface area contributed by atoms with Gasteiger partial charge in [-0.25, -0.2) is 4.98 Å². The average Bonchev–Trinajstić information content (AvgIpc) is 2.78. The Morgan fingerprint density at radius 3 is 3.00 bits per heavy atom. The summed E-state index contributed by atoms with van der Waals surface area (Å²) in [7, 11) is 1.89. The highest BCUT2D eigenvalue weighted by Gasteiger charge is 2.02. The van der Waals surface area contributed by atoms with Gasteiger partial charge in [-0.2, -0.15) is 5.10 Å². The van der Waals surface area contributed by atoms with Crippen molar-refractivity contribution in [3.05, 3.63) is 24.8 Å². The molecule has 0 spiro atoms. The number of nitrogens with one attached hydrogen (secondary N) is 1. The second-order valence-electron chi connectivity index (χ2n) is 3.47. The maximum Gasteiger partial charge on any atom is 0.207 e. The van der Waals surface area contributed by atoms with Crippen molar-refractivity contribution in [1.29, 1.82) is 0 Å². The summed E-state index contributed by atoms with van der Waals surface area (Å²) in [5, 5.41) is 7.32. The molecule has 0 radical (unpaired) electrons. The van der Waals surface area contributed by atoms with Crippen molar-refractivity contribution in [3.63, 3.8) is 0 Å². The number of anilines is 2. The molecule has 5 nitrogen and oxygen atoms in total. The van der Waals surface area contributed by atoms with E-state index in [2.05, 4.69) is 26.9 Å². The van der Waals surface area contributed by atoms with Crippen molar-refractivity contribution in [2.24, 2.45) is 7.05 Å². The zero-order valence-corrected chi connectivity index (χ0v) is 9.01. The van der Waals surface area contributed by atoms with E-state index >= 15 is 0 Å². The maximum absolute atomic E-state index is 4.25. The first-order chi connectivity index (χ1) is 7.29. The molecule has 2 heterocycles. The molecule has 0 unspecified atom stereocenters. The van der Waals surface area contributed by atoms with E-state index in [-0.39, 0.29) is 0 Å². The second-order valence-corrected chi connectivity index (χ2v) is 3.47. The van der Waals surface area contributed by atoms with Crippen molar-refractivity contribution in [2.45, 2.75) is 19.9 Å². The van der Waals surface area contributed by atoms with Gasteiger partial charge < -0.3 is 9.88 Å². The first-order valence-corrected chi connectivity index (χ1v) is 5.06. The van der Waals surface area contributed by atoms with E-state index in [1.807, 2.05) is 19.4 Å². The van der Waals surface area contributed by atoms with Gasteiger partial charge in [0, 0.05) is 32.2 Å². The molecule has 15 heavy (non-hydrogen) atoms. The summed E-state index contributed by atoms with van der Waals surface area (Å²) in [5.74, 6) is 0.866. The van der Waals surface area contributed by atoms with Gasteiger partial charge in [-0.1, -0.05) is 6.92 Å². The molecule has 0 bridgehead atoms. The van der Waals surface area contributed by atoms with Crippen LogP contribution in [0.25, 0.3) is 0 Å². The van der Waals surface area contributed by atoms with E-state index in [0.29, 0.717) is 0 Å². The molecule has 0 saturated heterocycles. The van der Waals surface area contributed by atoms with Crippen LogP contribution in [0.1, 0.15) is 13.3 Å². The summed E-state index contributed by atoms with van der Waals surface area (Å²) in [6.07, 6.45) is 8.57. The van der Waals surface area contributed by atoms with Crippen molar-refractivity contribution < 1.29 is 0 Å². The molecular formula is C10H15N5. The SMILES string of the molecule is CCCn1ccnc1Nc1cnn(C)c1. The van der Waals surface area contributed by atoms with Gasteiger partial charge in [0.05, 0.1) is 11.9 Å². The van der Waals surface area contributed by atoms with Gasteiger partial charge in [0.2, 0.25) is 5.95 Å². The van der Waals surface area contributed by atoms with Crippen LogP contribution in [0.15, 0.2) is 24.8 Å². The molecule has 80 valence electrons. The van der Waals surface area contributed by atoms with Crippen molar-refractivity contribution in [1.82, 2.24) is 19.3 Å². The molecule has 0 aliphatic heterocycles. The number of hydrogen-bond donors (Lipinski definition) is 1. The number of rotatable bonds is 4. The van der Waals surface area contributed by atoms with E-state index in [4.69, 9.17) is 0 Å². The fourth-order valence-corrected chi connectivity index (χ4v) is 1.47. The fourth-order valence-electron chi connectivity index (χ4n) is 1.47. The van der Waals surface area contributed by atoms with Crippen LogP contribution in [-0.2, 0) is 13.6 Å². The van der Waals surface area contributed by atoms with Crippen molar-refractivity contribution >= 4 is 11.6 Å². The number of imidazole rings is 1. The molecule has 2 aromatic rings. The first kappa shape index (κ1) is 9.76. The summed E-state index contributed by atoms with van der Waals surface area (Å²) >= 11 is 0. The topological polar surface area (TPSA) is 47.7 Å². The molecule has 0 atom stereocenters. The Morgan fingerprint density at radius 2 is 2.33 bits per heavy atom. The van der Waals surface area contributed by atoms with Crippen LogP contribution in [0, 0.1) is 0 Å². The number of hydrogen-bond acceptors (Lipinski definition) is 3. The molecule has 0 amide bonds. The smallest absolute Gasteiger partial charge is 0.207 e.